The summed E-state index contributed by atoms with van der Waals surface area (Å²) in [5, 5.41) is 12.2. The quantitative estimate of drug-likeness (QED) is 0.809. The second-order valence-electron chi connectivity index (χ2n) is 4.91. The van der Waals surface area contributed by atoms with Crippen molar-refractivity contribution in [2.24, 2.45) is 0 Å². The van der Waals surface area contributed by atoms with Crippen molar-refractivity contribution in [3.05, 3.63) is 23.7 Å². The van der Waals surface area contributed by atoms with Crippen LogP contribution in [0.5, 0.6) is 0 Å². The molecule has 0 amide bonds. The summed E-state index contributed by atoms with van der Waals surface area (Å²) < 4.78 is 38.8. The predicted molar refractivity (Wildman–Crippen MR) is 70.3 cm³/mol. The maximum absolute atomic E-state index is 12.9. The van der Waals surface area contributed by atoms with Crippen LogP contribution >= 0.6 is 0 Å². The Bertz CT molecular complexity index is 647. The molecule has 1 saturated carbocycles. The van der Waals surface area contributed by atoms with Gasteiger partial charge in [-0.05, 0) is 19.8 Å². The van der Waals surface area contributed by atoms with Gasteiger partial charge in [0, 0.05) is 12.2 Å². The molecule has 0 saturated heterocycles. The summed E-state index contributed by atoms with van der Waals surface area (Å²) in [6, 6.07) is 0.0597. The Hall–Kier alpha value is -2.32. The highest BCUT2D eigenvalue weighted by molar-refractivity contribution is 5.58. The van der Waals surface area contributed by atoms with Gasteiger partial charge in [0.1, 0.15) is 11.4 Å². The van der Waals surface area contributed by atoms with Crippen molar-refractivity contribution < 1.29 is 13.2 Å². The second-order valence-corrected chi connectivity index (χ2v) is 4.91. The fraction of sp³-hybridized carbons (Fsp3) is 0.417. The van der Waals surface area contributed by atoms with E-state index < -0.39 is 11.7 Å². The predicted octanol–water partition coefficient (Wildman–Crippen LogP) is 2.84. The highest BCUT2D eigenvalue weighted by Crippen LogP contribution is 2.36. The van der Waals surface area contributed by atoms with Crippen molar-refractivity contribution >= 4 is 17.5 Å². The van der Waals surface area contributed by atoms with Gasteiger partial charge in [0.25, 0.3) is 0 Å². The Morgan fingerprint density at radius 1 is 1.29 bits per heavy atom. The van der Waals surface area contributed by atoms with Crippen LogP contribution in [0, 0.1) is 6.92 Å². The highest BCUT2D eigenvalue weighted by atomic mass is 19.4. The minimum absolute atomic E-state index is 0.0597. The van der Waals surface area contributed by atoms with E-state index in [-0.39, 0.29) is 17.8 Å². The zero-order valence-electron chi connectivity index (χ0n) is 11.1. The van der Waals surface area contributed by atoms with E-state index in [2.05, 4.69) is 30.8 Å². The minimum Gasteiger partial charge on any atom is -0.367 e. The van der Waals surface area contributed by atoms with E-state index in [1.165, 1.54) is 6.20 Å². The molecule has 0 aromatic carbocycles. The molecule has 21 heavy (non-hydrogen) atoms. The Morgan fingerprint density at radius 2 is 2.05 bits per heavy atom. The lowest BCUT2D eigenvalue weighted by atomic mass is 10.3. The number of rotatable bonds is 4. The van der Waals surface area contributed by atoms with Gasteiger partial charge in [-0.1, -0.05) is 0 Å². The average molecular weight is 298 g/mol. The molecule has 1 aliphatic rings. The lowest BCUT2D eigenvalue weighted by Gasteiger charge is -2.14. The molecule has 3 N–H and O–H groups in total. The summed E-state index contributed by atoms with van der Waals surface area (Å²) in [4.78, 5) is 7.67. The largest absolute Gasteiger partial charge is 0.421 e. The van der Waals surface area contributed by atoms with Gasteiger partial charge in [-0.15, -0.1) is 0 Å². The zero-order chi connectivity index (χ0) is 15.0. The van der Waals surface area contributed by atoms with Gasteiger partial charge < -0.3 is 10.6 Å². The van der Waals surface area contributed by atoms with Crippen molar-refractivity contribution in [1.82, 2.24) is 20.2 Å². The first-order chi connectivity index (χ1) is 9.93. The standard InChI is InChI=1S/C12H13F3N6/c1-6-9(5-17-21-6)19-11-16-4-8(12(13,14)15)10(20-11)18-7-2-3-7/h4-5,7H,2-3H2,1H3,(H,17,21)(H2,16,18,19,20). The number of aromatic nitrogens is 4. The number of halogens is 3. The van der Waals surface area contributed by atoms with Crippen LogP contribution in [0.15, 0.2) is 12.4 Å². The Morgan fingerprint density at radius 3 is 2.62 bits per heavy atom. The number of aryl methyl sites for hydroxylation is 1. The molecule has 9 heteroatoms. The molecule has 0 aliphatic heterocycles. The number of nitrogens with one attached hydrogen (secondary N) is 3. The van der Waals surface area contributed by atoms with Crippen molar-refractivity contribution in [3.63, 3.8) is 0 Å². The average Bonchev–Trinajstić information content (AvgIpc) is 3.12. The smallest absolute Gasteiger partial charge is 0.367 e. The first-order valence-corrected chi connectivity index (χ1v) is 6.41. The molecule has 6 nitrogen and oxygen atoms in total. The van der Waals surface area contributed by atoms with Crippen LogP contribution in [0.2, 0.25) is 0 Å². The lowest BCUT2D eigenvalue weighted by Crippen LogP contribution is -2.15. The number of H-pyrrole nitrogens is 1. The summed E-state index contributed by atoms with van der Waals surface area (Å²) in [7, 11) is 0. The van der Waals surface area contributed by atoms with Crippen LogP contribution in [-0.4, -0.2) is 26.2 Å². The van der Waals surface area contributed by atoms with Crippen LogP contribution in [0.3, 0.4) is 0 Å². The van der Waals surface area contributed by atoms with E-state index >= 15 is 0 Å². The van der Waals surface area contributed by atoms with Gasteiger partial charge in [0.15, 0.2) is 0 Å². The van der Waals surface area contributed by atoms with Crippen molar-refractivity contribution in [2.45, 2.75) is 32.0 Å². The fourth-order valence-corrected chi connectivity index (χ4v) is 1.78. The molecule has 1 fully saturated rings. The summed E-state index contributed by atoms with van der Waals surface area (Å²) in [6.45, 7) is 1.78. The zero-order valence-corrected chi connectivity index (χ0v) is 11.1. The molecular weight excluding hydrogens is 285 g/mol. The third-order valence-electron chi connectivity index (χ3n) is 3.09. The van der Waals surface area contributed by atoms with E-state index in [0.717, 1.165) is 24.7 Å². The van der Waals surface area contributed by atoms with Crippen LogP contribution in [-0.2, 0) is 6.18 Å². The Balaban J connectivity index is 1.90. The highest BCUT2D eigenvalue weighted by Gasteiger charge is 2.36. The topological polar surface area (TPSA) is 78.5 Å². The molecule has 0 unspecified atom stereocenters. The SMILES string of the molecule is Cc1[nH]ncc1Nc1ncc(C(F)(F)F)c(NC2CC2)n1. The molecule has 2 aromatic heterocycles. The van der Waals surface area contributed by atoms with Crippen LogP contribution in [0.1, 0.15) is 24.1 Å². The van der Waals surface area contributed by atoms with Gasteiger partial charge in [0.05, 0.1) is 17.6 Å². The van der Waals surface area contributed by atoms with Crippen molar-refractivity contribution in [2.75, 3.05) is 10.6 Å². The van der Waals surface area contributed by atoms with Crippen molar-refractivity contribution in [3.8, 4) is 0 Å². The van der Waals surface area contributed by atoms with Gasteiger partial charge in [-0.2, -0.15) is 23.3 Å². The summed E-state index contributed by atoms with van der Waals surface area (Å²) in [5.41, 5.74) is 0.506. The van der Waals surface area contributed by atoms with Crippen LogP contribution < -0.4 is 10.6 Å². The molecule has 2 aromatic rings. The molecule has 0 bridgehead atoms. The van der Waals surface area contributed by atoms with E-state index in [1.54, 1.807) is 6.92 Å². The number of hydrogen-bond acceptors (Lipinski definition) is 5. The molecular formula is C12H13F3N6. The summed E-state index contributed by atoms with van der Waals surface area (Å²) in [5.74, 6) is -0.0979. The Labute approximate surface area is 118 Å². The molecule has 1 aliphatic carbocycles. The van der Waals surface area contributed by atoms with Gasteiger partial charge in [-0.25, -0.2) is 4.98 Å². The third kappa shape index (κ3) is 3.06. The number of alkyl halides is 3. The van der Waals surface area contributed by atoms with Gasteiger partial charge in [0.2, 0.25) is 5.95 Å². The Kier molecular flexibility index (Phi) is 3.19. The van der Waals surface area contributed by atoms with E-state index in [1.807, 2.05) is 0 Å². The molecule has 112 valence electrons. The molecule has 0 atom stereocenters. The minimum atomic E-state index is -4.48. The maximum Gasteiger partial charge on any atom is 0.421 e. The maximum atomic E-state index is 12.9. The number of aromatic amines is 1. The van der Waals surface area contributed by atoms with Gasteiger partial charge >= 0.3 is 6.18 Å². The monoisotopic (exact) mass is 298 g/mol. The molecule has 2 heterocycles. The summed E-state index contributed by atoms with van der Waals surface area (Å²) in [6.07, 6.45) is -0.475. The number of anilines is 3. The second kappa shape index (κ2) is 4.90. The van der Waals surface area contributed by atoms with Gasteiger partial charge in [-0.3, -0.25) is 5.10 Å². The normalized spacial score (nSPS) is 15.0. The van der Waals surface area contributed by atoms with Crippen LogP contribution in [0.25, 0.3) is 0 Å². The van der Waals surface area contributed by atoms with Crippen LogP contribution in [0.4, 0.5) is 30.6 Å². The lowest BCUT2D eigenvalue weighted by molar-refractivity contribution is -0.137. The number of hydrogen-bond donors (Lipinski definition) is 3. The first kappa shape index (κ1) is 13.7. The third-order valence-corrected chi connectivity index (χ3v) is 3.09. The summed E-state index contributed by atoms with van der Waals surface area (Å²) >= 11 is 0. The molecule has 0 spiro atoms. The molecule has 3 rings (SSSR count). The van der Waals surface area contributed by atoms with E-state index in [0.29, 0.717) is 5.69 Å². The molecule has 0 radical (unpaired) electrons. The van der Waals surface area contributed by atoms with E-state index in [4.69, 9.17) is 0 Å². The first-order valence-electron chi connectivity index (χ1n) is 6.41. The van der Waals surface area contributed by atoms with E-state index in [9.17, 15) is 13.2 Å². The van der Waals surface area contributed by atoms with Crippen molar-refractivity contribution in [1.29, 1.82) is 0 Å². The number of nitrogens with zero attached hydrogens (tertiary/aromatic N) is 3. The fourth-order valence-electron chi connectivity index (χ4n) is 1.78.